The molecule has 1 heteroatoms. The van der Waals surface area contributed by atoms with Crippen molar-refractivity contribution >= 4 is 0 Å². The Bertz CT molecular complexity index is 192. The van der Waals surface area contributed by atoms with Gasteiger partial charge in [0.15, 0.2) is 0 Å². The lowest BCUT2D eigenvalue weighted by molar-refractivity contribution is 0.219. The number of hydrogen-bond acceptors (Lipinski definition) is 1. The van der Waals surface area contributed by atoms with Crippen LogP contribution in [0.5, 0.6) is 0 Å². The first-order valence-corrected chi connectivity index (χ1v) is 7.16. The minimum Gasteiger partial charge on any atom is -0.314 e. The van der Waals surface area contributed by atoms with Crippen LogP contribution in [0.2, 0.25) is 0 Å². The van der Waals surface area contributed by atoms with Crippen LogP contribution in [-0.4, -0.2) is 12.6 Å². The second-order valence-corrected chi connectivity index (χ2v) is 6.81. The van der Waals surface area contributed by atoms with Gasteiger partial charge in [-0.15, -0.1) is 0 Å². The SMILES string of the molecule is CCC1CCCC(NCC(C)C(C)(C)C)C1. The van der Waals surface area contributed by atoms with E-state index in [9.17, 15) is 0 Å². The van der Waals surface area contributed by atoms with Crippen LogP contribution in [0.1, 0.15) is 66.7 Å². The molecule has 96 valence electrons. The van der Waals surface area contributed by atoms with E-state index < -0.39 is 0 Å². The van der Waals surface area contributed by atoms with Crippen molar-refractivity contribution in [3.8, 4) is 0 Å². The monoisotopic (exact) mass is 225 g/mol. The average Bonchev–Trinajstić information content (AvgIpc) is 2.25. The lowest BCUT2D eigenvalue weighted by Gasteiger charge is -2.33. The molecule has 1 fully saturated rings. The lowest BCUT2D eigenvalue weighted by atomic mass is 9.81. The molecule has 1 aliphatic rings. The third kappa shape index (κ3) is 4.45. The Balaban J connectivity index is 2.27. The molecule has 0 aromatic rings. The molecule has 0 bridgehead atoms. The highest BCUT2D eigenvalue weighted by Gasteiger charge is 2.23. The molecule has 1 nitrogen and oxygen atoms in total. The zero-order valence-corrected chi connectivity index (χ0v) is 12.0. The Morgan fingerprint density at radius 3 is 2.50 bits per heavy atom. The predicted octanol–water partition coefficient (Wildman–Crippen LogP) is 4.23. The van der Waals surface area contributed by atoms with Crippen LogP contribution in [0.4, 0.5) is 0 Å². The molecule has 0 aliphatic heterocycles. The van der Waals surface area contributed by atoms with Gasteiger partial charge in [-0.25, -0.2) is 0 Å². The van der Waals surface area contributed by atoms with Crippen molar-refractivity contribution in [2.24, 2.45) is 17.3 Å². The van der Waals surface area contributed by atoms with Crippen molar-refractivity contribution in [3.63, 3.8) is 0 Å². The maximum absolute atomic E-state index is 3.79. The van der Waals surface area contributed by atoms with E-state index in [1.807, 2.05) is 0 Å². The van der Waals surface area contributed by atoms with Crippen LogP contribution in [0, 0.1) is 17.3 Å². The standard InChI is InChI=1S/C15H31N/c1-6-13-8-7-9-14(10-13)16-11-12(2)15(3,4)5/h12-14,16H,6-11H2,1-5H3. The summed E-state index contributed by atoms with van der Waals surface area (Å²) in [7, 11) is 0. The highest BCUT2D eigenvalue weighted by molar-refractivity contribution is 4.80. The van der Waals surface area contributed by atoms with Crippen molar-refractivity contribution in [2.75, 3.05) is 6.54 Å². The molecule has 0 heterocycles. The van der Waals surface area contributed by atoms with E-state index in [4.69, 9.17) is 0 Å². The smallest absolute Gasteiger partial charge is 0.00698 e. The topological polar surface area (TPSA) is 12.0 Å². The van der Waals surface area contributed by atoms with Gasteiger partial charge < -0.3 is 5.32 Å². The molecule has 1 saturated carbocycles. The fourth-order valence-corrected chi connectivity index (χ4v) is 2.50. The molecule has 0 amide bonds. The molecule has 0 aromatic carbocycles. The molecular formula is C15H31N. The fraction of sp³-hybridized carbons (Fsp3) is 1.00. The zero-order chi connectivity index (χ0) is 12.2. The van der Waals surface area contributed by atoms with Crippen LogP contribution in [0.3, 0.4) is 0 Å². The molecular weight excluding hydrogens is 194 g/mol. The molecule has 16 heavy (non-hydrogen) atoms. The molecule has 3 unspecified atom stereocenters. The van der Waals surface area contributed by atoms with Gasteiger partial charge in [0, 0.05) is 6.04 Å². The van der Waals surface area contributed by atoms with E-state index in [1.165, 1.54) is 38.6 Å². The number of rotatable bonds is 4. The first-order valence-electron chi connectivity index (χ1n) is 7.16. The molecule has 1 rings (SSSR count). The van der Waals surface area contributed by atoms with Crippen LogP contribution in [-0.2, 0) is 0 Å². The Morgan fingerprint density at radius 1 is 1.25 bits per heavy atom. The highest BCUT2D eigenvalue weighted by Crippen LogP contribution is 2.28. The Hall–Kier alpha value is -0.0400. The molecule has 0 saturated heterocycles. The number of hydrogen-bond donors (Lipinski definition) is 1. The van der Waals surface area contributed by atoms with E-state index in [1.54, 1.807) is 0 Å². The summed E-state index contributed by atoms with van der Waals surface area (Å²) in [6.07, 6.45) is 7.07. The van der Waals surface area contributed by atoms with E-state index >= 15 is 0 Å². The summed E-state index contributed by atoms with van der Waals surface area (Å²) in [4.78, 5) is 0. The quantitative estimate of drug-likeness (QED) is 0.755. The van der Waals surface area contributed by atoms with Crippen molar-refractivity contribution in [1.29, 1.82) is 0 Å². The molecule has 0 spiro atoms. The van der Waals surface area contributed by atoms with Crippen LogP contribution in [0.15, 0.2) is 0 Å². The molecule has 0 radical (unpaired) electrons. The van der Waals surface area contributed by atoms with Crippen molar-refractivity contribution in [1.82, 2.24) is 5.32 Å². The van der Waals surface area contributed by atoms with Crippen LogP contribution in [0.25, 0.3) is 0 Å². The largest absolute Gasteiger partial charge is 0.314 e. The second-order valence-electron chi connectivity index (χ2n) is 6.81. The van der Waals surface area contributed by atoms with Gasteiger partial charge in [0.2, 0.25) is 0 Å². The van der Waals surface area contributed by atoms with Crippen LogP contribution >= 0.6 is 0 Å². The summed E-state index contributed by atoms with van der Waals surface area (Å²) in [5.41, 5.74) is 0.436. The van der Waals surface area contributed by atoms with Gasteiger partial charge in [-0.3, -0.25) is 0 Å². The van der Waals surface area contributed by atoms with Gasteiger partial charge in [-0.1, -0.05) is 53.9 Å². The van der Waals surface area contributed by atoms with Crippen molar-refractivity contribution in [2.45, 2.75) is 72.8 Å². The first kappa shape index (κ1) is 14.0. The van der Waals surface area contributed by atoms with Crippen LogP contribution < -0.4 is 5.32 Å². The van der Waals surface area contributed by atoms with Gasteiger partial charge in [-0.05, 0) is 36.6 Å². The Kier molecular flexibility index (Phi) is 5.30. The van der Waals surface area contributed by atoms with Gasteiger partial charge in [0.05, 0.1) is 0 Å². The van der Waals surface area contributed by atoms with E-state index in [0.717, 1.165) is 17.9 Å². The predicted molar refractivity (Wildman–Crippen MR) is 72.7 cm³/mol. The maximum Gasteiger partial charge on any atom is 0.00698 e. The fourth-order valence-electron chi connectivity index (χ4n) is 2.50. The van der Waals surface area contributed by atoms with E-state index in [2.05, 4.69) is 39.9 Å². The Morgan fingerprint density at radius 2 is 1.94 bits per heavy atom. The zero-order valence-electron chi connectivity index (χ0n) is 12.0. The van der Waals surface area contributed by atoms with E-state index in [0.29, 0.717) is 5.41 Å². The summed E-state index contributed by atoms with van der Waals surface area (Å²) in [6, 6.07) is 0.795. The average molecular weight is 225 g/mol. The van der Waals surface area contributed by atoms with E-state index in [-0.39, 0.29) is 0 Å². The molecule has 0 aromatic heterocycles. The normalized spacial score (nSPS) is 29.1. The summed E-state index contributed by atoms with van der Waals surface area (Å²) in [5, 5.41) is 3.79. The third-order valence-corrected chi connectivity index (χ3v) is 4.55. The van der Waals surface area contributed by atoms with Gasteiger partial charge in [-0.2, -0.15) is 0 Å². The Labute approximate surface area is 102 Å². The molecule has 1 N–H and O–H groups in total. The number of nitrogens with one attached hydrogen (secondary N) is 1. The summed E-state index contributed by atoms with van der Waals surface area (Å²) < 4.78 is 0. The summed E-state index contributed by atoms with van der Waals surface area (Å²) >= 11 is 0. The second kappa shape index (κ2) is 6.05. The molecule has 1 aliphatic carbocycles. The first-order chi connectivity index (χ1) is 7.43. The van der Waals surface area contributed by atoms with Crippen molar-refractivity contribution in [3.05, 3.63) is 0 Å². The van der Waals surface area contributed by atoms with Crippen molar-refractivity contribution < 1.29 is 0 Å². The minimum atomic E-state index is 0.436. The lowest BCUT2D eigenvalue weighted by Crippen LogP contribution is -2.39. The minimum absolute atomic E-state index is 0.436. The molecule has 3 atom stereocenters. The maximum atomic E-state index is 3.79. The van der Waals surface area contributed by atoms with Gasteiger partial charge >= 0.3 is 0 Å². The highest BCUT2D eigenvalue weighted by atomic mass is 14.9. The summed E-state index contributed by atoms with van der Waals surface area (Å²) in [6.45, 7) is 12.9. The third-order valence-electron chi connectivity index (χ3n) is 4.55. The van der Waals surface area contributed by atoms with Gasteiger partial charge in [0.1, 0.15) is 0 Å². The summed E-state index contributed by atoms with van der Waals surface area (Å²) in [5.74, 6) is 1.74. The van der Waals surface area contributed by atoms with Gasteiger partial charge in [0.25, 0.3) is 0 Å².